The first kappa shape index (κ1) is 19.4. The Labute approximate surface area is 129 Å². The van der Waals surface area contributed by atoms with Crippen LogP contribution in [0.1, 0.15) is 6.92 Å². The van der Waals surface area contributed by atoms with Gasteiger partial charge < -0.3 is 14.2 Å². The molecule has 0 aliphatic rings. The van der Waals surface area contributed by atoms with E-state index in [1.165, 1.54) is 31.2 Å². The van der Waals surface area contributed by atoms with Gasteiger partial charge in [-0.1, -0.05) is 44.0 Å². The minimum absolute atomic E-state index is 0.165. The molecule has 0 amide bonds. The van der Waals surface area contributed by atoms with Gasteiger partial charge in [0, 0.05) is 0 Å². The summed E-state index contributed by atoms with van der Waals surface area (Å²) < 4.78 is 14.5. The summed E-state index contributed by atoms with van der Waals surface area (Å²) in [6.07, 6.45) is 6.36. The van der Waals surface area contributed by atoms with Gasteiger partial charge >= 0.3 is 17.9 Å². The van der Waals surface area contributed by atoms with Crippen molar-refractivity contribution < 1.29 is 28.6 Å². The lowest BCUT2D eigenvalue weighted by molar-refractivity contribution is -0.178. The maximum absolute atomic E-state index is 12.2. The van der Waals surface area contributed by atoms with Crippen LogP contribution in [0, 0.1) is 5.41 Å². The zero-order valence-corrected chi connectivity index (χ0v) is 12.6. The van der Waals surface area contributed by atoms with Gasteiger partial charge in [-0.15, -0.1) is 0 Å². The highest BCUT2D eigenvalue weighted by atomic mass is 16.6. The fraction of sp³-hybridized carbons (Fsp3) is 0.312. The number of hydrogen-bond acceptors (Lipinski definition) is 6. The van der Waals surface area contributed by atoms with E-state index in [0.29, 0.717) is 0 Å². The highest BCUT2D eigenvalue weighted by Crippen LogP contribution is 2.26. The van der Waals surface area contributed by atoms with Crippen LogP contribution in [0.2, 0.25) is 0 Å². The van der Waals surface area contributed by atoms with Crippen LogP contribution in [0.25, 0.3) is 0 Å². The van der Waals surface area contributed by atoms with Crippen LogP contribution in [0.3, 0.4) is 0 Å². The summed E-state index contributed by atoms with van der Waals surface area (Å²) in [4.78, 5) is 36.7. The molecule has 0 aliphatic heterocycles. The predicted octanol–water partition coefficient (Wildman–Crippen LogP) is 1.74. The van der Waals surface area contributed by atoms with Crippen molar-refractivity contribution in [2.75, 3.05) is 19.8 Å². The van der Waals surface area contributed by atoms with Crippen LogP contribution in [0.5, 0.6) is 0 Å². The molecule has 0 spiro atoms. The quantitative estimate of drug-likeness (QED) is 0.265. The molecule has 0 heterocycles. The maximum Gasteiger partial charge on any atom is 0.339 e. The van der Waals surface area contributed by atoms with E-state index in [9.17, 15) is 14.4 Å². The van der Waals surface area contributed by atoms with Gasteiger partial charge in [-0.05, 0) is 13.0 Å². The van der Waals surface area contributed by atoms with Crippen LogP contribution in [0.15, 0.2) is 50.1 Å². The molecule has 0 aromatic heterocycles. The first-order valence-corrected chi connectivity index (χ1v) is 6.49. The zero-order valence-electron chi connectivity index (χ0n) is 12.6. The molecule has 22 heavy (non-hydrogen) atoms. The standard InChI is InChI=1S/C16H20O6/c1-5-9-16(13(17)20-10-6-2,14(18)21-11-7-3)15(19)22-12-8-4/h5-9H,2-4,10-12H2,1H3. The summed E-state index contributed by atoms with van der Waals surface area (Å²) in [5.74, 6) is -3.31. The summed E-state index contributed by atoms with van der Waals surface area (Å²) >= 11 is 0. The third-order valence-corrected chi connectivity index (χ3v) is 2.38. The smallest absolute Gasteiger partial charge is 0.339 e. The molecule has 0 bridgehead atoms. The summed E-state index contributed by atoms with van der Waals surface area (Å²) in [5, 5.41) is 0. The van der Waals surface area contributed by atoms with Gasteiger partial charge in [-0.3, -0.25) is 0 Å². The second-order valence-electron chi connectivity index (χ2n) is 3.97. The third-order valence-electron chi connectivity index (χ3n) is 2.38. The van der Waals surface area contributed by atoms with E-state index in [4.69, 9.17) is 14.2 Å². The molecule has 0 unspecified atom stereocenters. The largest absolute Gasteiger partial charge is 0.460 e. The Hall–Kier alpha value is -2.63. The molecular formula is C16H20O6. The van der Waals surface area contributed by atoms with Crippen molar-refractivity contribution in [3.05, 3.63) is 50.1 Å². The molecule has 0 aromatic carbocycles. The SMILES string of the molecule is C=CCOC(=O)C(C=CC)(C(=O)OCC=C)C(=O)OCC=C. The molecule has 0 fully saturated rings. The zero-order chi connectivity index (χ0) is 17.0. The van der Waals surface area contributed by atoms with Crippen molar-refractivity contribution in [2.45, 2.75) is 6.92 Å². The molecule has 0 aromatic rings. The molecule has 0 aliphatic carbocycles. The lowest BCUT2D eigenvalue weighted by atomic mass is 9.87. The van der Waals surface area contributed by atoms with Crippen LogP contribution in [-0.4, -0.2) is 37.7 Å². The Morgan fingerprint density at radius 3 is 1.36 bits per heavy atom. The van der Waals surface area contributed by atoms with Crippen molar-refractivity contribution >= 4 is 17.9 Å². The molecule has 0 saturated heterocycles. The Kier molecular flexibility index (Phi) is 8.94. The van der Waals surface area contributed by atoms with E-state index in [1.807, 2.05) is 0 Å². The third kappa shape index (κ3) is 4.73. The lowest BCUT2D eigenvalue weighted by Crippen LogP contribution is -2.48. The topological polar surface area (TPSA) is 78.9 Å². The average Bonchev–Trinajstić information content (AvgIpc) is 2.52. The van der Waals surface area contributed by atoms with Crippen LogP contribution in [0.4, 0.5) is 0 Å². The van der Waals surface area contributed by atoms with E-state index < -0.39 is 23.3 Å². The van der Waals surface area contributed by atoms with Crippen LogP contribution < -0.4 is 0 Å². The number of hydrogen-bond donors (Lipinski definition) is 0. The normalized spacial score (nSPS) is 10.6. The number of ether oxygens (including phenoxy) is 3. The second kappa shape index (κ2) is 10.1. The Morgan fingerprint density at radius 1 is 0.818 bits per heavy atom. The molecular weight excluding hydrogens is 288 g/mol. The molecule has 0 N–H and O–H groups in total. The number of allylic oxidation sites excluding steroid dienone is 1. The Balaban J connectivity index is 5.71. The fourth-order valence-electron chi connectivity index (χ4n) is 1.45. The summed E-state index contributed by atoms with van der Waals surface area (Å²) in [7, 11) is 0. The van der Waals surface area contributed by atoms with Gasteiger partial charge in [-0.25, -0.2) is 14.4 Å². The van der Waals surface area contributed by atoms with E-state index in [1.54, 1.807) is 0 Å². The summed E-state index contributed by atoms with van der Waals surface area (Å²) in [6, 6.07) is 0. The number of carbonyl (C=O) groups is 3. The molecule has 0 atom stereocenters. The number of rotatable bonds is 10. The summed E-state index contributed by atoms with van der Waals surface area (Å²) in [6.45, 7) is 11.2. The van der Waals surface area contributed by atoms with Crippen molar-refractivity contribution in [1.82, 2.24) is 0 Å². The summed E-state index contributed by atoms with van der Waals surface area (Å²) in [5.41, 5.74) is -2.33. The minimum atomic E-state index is -2.33. The van der Waals surface area contributed by atoms with Gasteiger partial charge in [0.2, 0.25) is 0 Å². The van der Waals surface area contributed by atoms with Crippen LogP contribution in [-0.2, 0) is 28.6 Å². The average molecular weight is 308 g/mol. The number of esters is 3. The monoisotopic (exact) mass is 308 g/mol. The molecule has 0 radical (unpaired) electrons. The predicted molar refractivity (Wildman–Crippen MR) is 80.7 cm³/mol. The van der Waals surface area contributed by atoms with E-state index in [0.717, 1.165) is 6.08 Å². The molecule has 6 heteroatoms. The first-order valence-electron chi connectivity index (χ1n) is 6.49. The van der Waals surface area contributed by atoms with Crippen LogP contribution >= 0.6 is 0 Å². The maximum atomic E-state index is 12.2. The van der Waals surface area contributed by atoms with E-state index >= 15 is 0 Å². The fourth-order valence-corrected chi connectivity index (χ4v) is 1.45. The van der Waals surface area contributed by atoms with Crippen molar-refractivity contribution in [2.24, 2.45) is 5.41 Å². The molecule has 0 rings (SSSR count). The Bertz CT molecular complexity index is 415. The van der Waals surface area contributed by atoms with Crippen molar-refractivity contribution in [1.29, 1.82) is 0 Å². The van der Waals surface area contributed by atoms with Gasteiger partial charge in [0.05, 0.1) is 0 Å². The lowest BCUT2D eigenvalue weighted by Gasteiger charge is -2.23. The molecule has 6 nitrogen and oxygen atoms in total. The molecule has 0 saturated carbocycles. The second-order valence-corrected chi connectivity index (χ2v) is 3.97. The Morgan fingerprint density at radius 2 is 1.14 bits per heavy atom. The van der Waals surface area contributed by atoms with Gasteiger partial charge in [0.1, 0.15) is 19.8 Å². The van der Waals surface area contributed by atoms with E-state index in [-0.39, 0.29) is 19.8 Å². The highest BCUT2D eigenvalue weighted by molar-refractivity contribution is 6.20. The molecule has 120 valence electrons. The van der Waals surface area contributed by atoms with Crippen molar-refractivity contribution in [3.8, 4) is 0 Å². The van der Waals surface area contributed by atoms with Gasteiger partial charge in [-0.2, -0.15) is 0 Å². The van der Waals surface area contributed by atoms with Gasteiger partial charge in [0.15, 0.2) is 0 Å². The number of carbonyl (C=O) groups excluding carboxylic acids is 3. The first-order chi connectivity index (χ1) is 10.5. The highest BCUT2D eigenvalue weighted by Gasteiger charge is 2.55. The van der Waals surface area contributed by atoms with Gasteiger partial charge in [0.25, 0.3) is 5.41 Å². The minimum Gasteiger partial charge on any atom is -0.460 e. The van der Waals surface area contributed by atoms with Crippen molar-refractivity contribution in [3.63, 3.8) is 0 Å². The van der Waals surface area contributed by atoms with E-state index in [2.05, 4.69) is 19.7 Å².